The van der Waals surface area contributed by atoms with Crippen LogP contribution in [-0.4, -0.2) is 28.3 Å². The lowest BCUT2D eigenvalue weighted by molar-refractivity contribution is 0.0962. The first-order valence-electron chi connectivity index (χ1n) is 9.00. The molecule has 2 N–H and O–H groups in total. The second-order valence-electron chi connectivity index (χ2n) is 6.97. The zero-order valence-corrected chi connectivity index (χ0v) is 14.9. The fraction of sp³-hybridized carbons (Fsp3) is 0.190. The summed E-state index contributed by atoms with van der Waals surface area (Å²) in [7, 11) is 0. The Kier molecular flexibility index (Phi) is 3.68. The summed E-state index contributed by atoms with van der Waals surface area (Å²) >= 11 is 0. The number of ketones is 1. The van der Waals surface area contributed by atoms with Crippen LogP contribution in [0.25, 0.3) is 5.69 Å². The first kappa shape index (κ1) is 16.6. The van der Waals surface area contributed by atoms with Crippen LogP contribution >= 0.6 is 0 Å². The van der Waals surface area contributed by atoms with Gasteiger partial charge in [-0.2, -0.15) is 5.10 Å². The molecule has 2 aromatic carbocycles. The van der Waals surface area contributed by atoms with Crippen molar-refractivity contribution in [2.45, 2.75) is 18.8 Å². The molecular weight excluding hydrogens is 358 g/mol. The molecule has 140 valence electrons. The van der Waals surface area contributed by atoms with Gasteiger partial charge in [0.05, 0.1) is 23.1 Å². The molecule has 2 aliphatic rings. The molecule has 28 heavy (non-hydrogen) atoms. The van der Waals surface area contributed by atoms with E-state index in [0.29, 0.717) is 29.7 Å². The lowest BCUT2D eigenvalue weighted by Crippen LogP contribution is -2.20. The number of hydrogen-bond acceptors (Lipinski definition) is 5. The summed E-state index contributed by atoms with van der Waals surface area (Å²) in [5.41, 5.74) is 9.08. The summed E-state index contributed by atoms with van der Waals surface area (Å²) < 4.78 is 12.6. The molecule has 0 spiro atoms. The quantitative estimate of drug-likeness (QED) is 0.759. The van der Waals surface area contributed by atoms with E-state index in [0.717, 1.165) is 22.7 Å². The normalized spacial score (nSPS) is 17.4. The predicted octanol–water partition coefficient (Wildman–Crippen LogP) is 2.61. The number of fused-ring (bicyclic) bond motifs is 2. The largest absolute Gasteiger partial charge is 0.454 e. The zero-order chi connectivity index (χ0) is 19.3. The first-order chi connectivity index (χ1) is 13.6. The third-order valence-corrected chi connectivity index (χ3v) is 5.31. The summed E-state index contributed by atoms with van der Waals surface area (Å²) in [6.07, 6.45) is 2.73. The Morgan fingerprint density at radius 2 is 1.86 bits per heavy atom. The van der Waals surface area contributed by atoms with Crippen molar-refractivity contribution in [1.82, 2.24) is 9.78 Å². The smallest absolute Gasteiger partial charge is 0.248 e. The molecule has 1 aromatic heterocycles. The number of primary amides is 1. The van der Waals surface area contributed by atoms with Gasteiger partial charge in [0, 0.05) is 12.0 Å². The molecular formula is C21H17N3O4. The van der Waals surface area contributed by atoms with Crippen molar-refractivity contribution in [1.29, 1.82) is 0 Å². The van der Waals surface area contributed by atoms with E-state index in [2.05, 4.69) is 5.10 Å². The number of hydrogen-bond donors (Lipinski definition) is 1. The summed E-state index contributed by atoms with van der Waals surface area (Å²) in [6.45, 7) is 0.223. The SMILES string of the molecule is NC(=O)c1ccc(-n2ncc3c2CC(c2ccc4c(c2)OCO4)CC3=O)cc1. The Labute approximate surface area is 160 Å². The number of benzene rings is 2. The predicted molar refractivity (Wildman–Crippen MR) is 100 cm³/mol. The monoisotopic (exact) mass is 375 g/mol. The second-order valence-corrected chi connectivity index (χ2v) is 6.97. The number of amides is 1. The molecule has 0 radical (unpaired) electrons. The van der Waals surface area contributed by atoms with Gasteiger partial charge in [0.2, 0.25) is 12.7 Å². The van der Waals surface area contributed by atoms with E-state index in [1.165, 1.54) is 0 Å². The van der Waals surface area contributed by atoms with Crippen LogP contribution in [0.5, 0.6) is 11.5 Å². The average molecular weight is 375 g/mol. The molecule has 0 bridgehead atoms. The minimum absolute atomic E-state index is 0.0369. The summed E-state index contributed by atoms with van der Waals surface area (Å²) in [5.74, 6) is 1.07. The lowest BCUT2D eigenvalue weighted by atomic mass is 9.82. The highest BCUT2D eigenvalue weighted by atomic mass is 16.7. The minimum atomic E-state index is -0.480. The number of aromatic nitrogens is 2. The molecule has 1 unspecified atom stereocenters. The fourth-order valence-corrected chi connectivity index (χ4v) is 3.83. The van der Waals surface area contributed by atoms with Gasteiger partial charge in [0.1, 0.15) is 0 Å². The Morgan fingerprint density at radius 1 is 1.07 bits per heavy atom. The van der Waals surface area contributed by atoms with E-state index >= 15 is 0 Å². The summed E-state index contributed by atoms with van der Waals surface area (Å²) in [5, 5.41) is 4.41. The van der Waals surface area contributed by atoms with Crippen LogP contribution in [0, 0.1) is 0 Å². The maximum absolute atomic E-state index is 12.7. The molecule has 0 saturated heterocycles. The third-order valence-electron chi connectivity index (χ3n) is 5.31. The van der Waals surface area contributed by atoms with Gasteiger partial charge in [-0.25, -0.2) is 4.68 Å². The van der Waals surface area contributed by atoms with E-state index in [9.17, 15) is 9.59 Å². The van der Waals surface area contributed by atoms with Crippen LogP contribution in [0.1, 0.15) is 44.3 Å². The van der Waals surface area contributed by atoms with E-state index in [1.54, 1.807) is 35.1 Å². The Bertz CT molecular complexity index is 1100. The van der Waals surface area contributed by atoms with E-state index in [4.69, 9.17) is 15.2 Å². The third kappa shape index (κ3) is 2.63. The van der Waals surface area contributed by atoms with Gasteiger partial charge in [-0.15, -0.1) is 0 Å². The van der Waals surface area contributed by atoms with Crippen LogP contribution in [0.2, 0.25) is 0 Å². The Balaban J connectivity index is 1.50. The summed E-state index contributed by atoms with van der Waals surface area (Å²) in [6, 6.07) is 12.7. The van der Waals surface area contributed by atoms with Gasteiger partial charge in [0.25, 0.3) is 0 Å². The van der Waals surface area contributed by atoms with Crippen molar-refractivity contribution in [2.24, 2.45) is 5.73 Å². The average Bonchev–Trinajstić information content (AvgIpc) is 3.34. The standard InChI is InChI=1S/C21H17N3O4/c22-21(26)12-1-4-15(5-2-12)24-17-7-14(8-18(25)16(17)10-23-24)13-3-6-19-20(9-13)28-11-27-19/h1-6,9-10,14H,7-8,11H2,(H2,22,26). The van der Waals surface area contributed by atoms with E-state index < -0.39 is 5.91 Å². The Morgan fingerprint density at radius 3 is 2.64 bits per heavy atom. The van der Waals surface area contributed by atoms with Gasteiger partial charge in [0.15, 0.2) is 17.3 Å². The van der Waals surface area contributed by atoms with Crippen molar-refractivity contribution >= 4 is 11.7 Å². The maximum atomic E-state index is 12.7. The number of carbonyl (C=O) groups is 2. The molecule has 1 atom stereocenters. The fourth-order valence-electron chi connectivity index (χ4n) is 3.83. The minimum Gasteiger partial charge on any atom is -0.454 e. The van der Waals surface area contributed by atoms with Gasteiger partial charge >= 0.3 is 0 Å². The molecule has 1 amide bonds. The highest BCUT2D eigenvalue weighted by Gasteiger charge is 2.31. The lowest BCUT2D eigenvalue weighted by Gasteiger charge is -2.23. The molecule has 3 aromatic rings. The van der Waals surface area contributed by atoms with Crippen LogP contribution in [0.4, 0.5) is 0 Å². The highest BCUT2D eigenvalue weighted by molar-refractivity contribution is 5.98. The Hall–Kier alpha value is -3.61. The molecule has 0 saturated carbocycles. The van der Waals surface area contributed by atoms with Crippen LogP contribution in [0.15, 0.2) is 48.7 Å². The second kappa shape index (κ2) is 6.23. The zero-order valence-electron chi connectivity index (χ0n) is 14.9. The number of Topliss-reactive ketones (excluding diaryl/α,β-unsaturated/α-hetero) is 1. The van der Waals surface area contributed by atoms with Crippen LogP contribution in [-0.2, 0) is 6.42 Å². The molecule has 0 fully saturated rings. The van der Waals surface area contributed by atoms with Gasteiger partial charge in [-0.05, 0) is 54.3 Å². The number of ether oxygens (including phenoxy) is 2. The van der Waals surface area contributed by atoms with E-state index in [1.807, 2.05) is 18.2 Å². The first-order valence-corrected chi connectivity index (χ1v) is 9.00. The van der Waals surface area contributed by atoms with Crippen molar-refractivity contribution in [2.75, 3.05) is 6.79 Å². The van der Waals surface area contributed by atoms with Gasteiger partial charge in [-0.3, -0.25) is 9.59 Å². The molecule has 1 aliphatic heterocycles. The van der Waals surface area contributed by atoms with Crippen molar-refractivity contribution < 1.29 is 19.1 Å². The topological polar surface area (TPSA) is 96.4 Å². The number of nitrogens with two attached hydrogens (primary N) is 1. The highest BCUT2D eigenvalue weighted by Crippen LogP contribution is 2.39. The van der Waals surface area contributed by atoms with Gasteiger partial charge < -0.3 is 15.2 Å². The maximum Gasteiger partial charge on any atom is 0.248 e. The van der Waals surface area contributed by atoms with Crippen molar-refractivity contribution in [3.05, 3.63) is 71.0 Å². The summed E-state index contributed by atoms with van der Waals surface area (Å²) in [4.78, 5) is 24.0. The number of carbonyl (C=O) groups excluding carboxylic acids is 2. The van der Waals surface area contributed by atoms with Gasteiger partial charge in [-0.1, -0.05) is 6.07 Å². The molecule has 5 rings (SSSR count). The van der Waals surface area contributed by atoms with E-state index in [-0.39, 0.29) is 18.5 Å². The van der Waals surface area contributed by atoms with Crippen LogP contribution < -0.4 is 15.2 Å². The molecule has 7 heteroatoms. The molecule has 7 nitrogen and oxygen atoms in total. The van der Waals surface area contributed by atoms with Crippen LogP contribution in [0.3, 0.4) is 0 Å². The van der Waals surface area contributed by atoms with Crippen molar-refractivity contribution in [3.8, 4) is 17.2 Å². The number of rotatable bonds is 3. The molecule has 1 aliphatic carbocycles. The number of nitrogens with zero attached hydrogens (tertiary/aromatic N) is 2. The van der Waals surface area contributed by atoms with Crippen molar-refractivity contribution in [3.63, 3.8) is 0 Å². The molecule has 2 heterocycles.